The van der Waals surface area contributed by atoms with E-state index in [0.29, 0.717) is 46.9 Å². The van der Waals surface area contributed by atoms with Gasteiger partial charge in [-0.2, -0.15) is 0 Å². The van der Waals surface area contributed by atoms with Gasteiger partial charge in [-0.1, -0.05) is 13.8 Å². The number of hydrogen-bond donors (Lipinski definition) is 3. The molecular weight excluding hydrogens is 748 g/mol. The molecule has 0 aliphatic carbocycles. The maximum Gasteiger partial charge on any atom is 0.352 e. The third kappa shape index (κ3) is 12.2. The number of likely N-dealkylation sites (N-methyl/N-ethyl adjacent to an activating group) is 1. The molecule has 1 aromatic heterocycles. The van der Waals surface area contributed by atoms with E-state index in [4.69, 9.17) is 23.7 Å². The quantitative estimate of drug-likeness (QED) is 0.0851. The van der Waals surface area contributed by atoms with Crippen molar-refractivity contribution in [3.8, 4) is 5.75 Å². The van der Waals surface area contributed by atoms with Gasteiger partial charge >= 0.3 is 35.8 Å². The number of hydrogen-bond acceptors (Lipinski definition) is 15. The molecule has 0 bridgehead atoms. The highest BCUT2D eigenvalue weighted by Gasteiger charge is 2.32. The Morgan fingerprint density at radius 2 is 1.25 bits per heavy atom. The number of carbonyl (C=O) groups excluding carboxylic acids is 8. The molecule has 2 aromatic rings. The molecule has 1 aliphatic rings. The second-order valence-corrected chi connectivity index (χ2v) is 13.2. The van der Waals surface area contributed by atoms with Crippen LogP contribution < -0.4 is 15.4 Å². The minimum absolute atomic E-state index is 0.0348. The smallest absolute Gasteiger partial charge is 0.352 e. The monoisotopic (exact) mass is 798 g/mol. The van der Waals surface area contributed by atoms with Crippen LogP contribution in [0, 0.1) is 13.8 Å². The van der Waals surface area contributed by atoms with E-state index in [1.54, 1.807) is 26.0 Å². The first-order valence-electron chi connectivity index (χ1n) is 18.4. The van der Waals surface area contributed by atoms with Crippen LogP contribution in [0.3, 0.4) is 0 Å². The Kier molecular flexibility index (Phi) is 16.1. The molecule has 0 saturated carbocycles. The maximum absolute atomic E-state index is 13.1. The molecule has 0 spiro atoms. The maximum atomic E-state index is 13.1. The minimum atomic E-state index is -1.54. The number of carbonyl (C=O) groups is 8. The van der Waals surface area contributed by atoms with E-state index < -0.39 is 72.2 Å². The molecule has 310 valence electrons. The summed E-state index contributed by atoms with van der Waals surface area (Å²) >= 11 is 0. The number of aromatic amines is 1. The number of nitrogens with zero attached hydrogens (tertiary/aromatic N) is 1. The van der Waals surface area contributed by atoms with Crippen LogP contribution >= 0.6 is 0 Å². The fraction of sp³-hybridized carbons (Fsp3) is 0.487. The van der Waals surface area contributed by atoms with Crippen LogP contribution in [0.15, 0.2) is 18.2 Å². The molecule has 3 rings (SSSR count). The molecule has 1 aliphatic heterocycles. The van der Waals surface area contributed by atoms with Gasteiger partial charge in [-0.05, 0) is 91.4 Å². The first-order valence-corrected chi connectivity index (χ1v) is 18.4. The van der Waals surface area contributed by atoms with E-state index in [1.165, 1.54) is 39.8 Å². The molecule has 1 aromatic carbocycles. The van der Waals surface area contributed by atoms with Crippen LogP contribution in [0.5, 0.6) is 5.75 Å². The van der Waals surface area contributed by atoms with Crippen LogP contribution in [-0.2, 0) is 57.2 Å². The van der Waals surface area contributed by atoms with E-state index in [0.717, 1.165) is 26.9 Å². The third-order valence-electron chi connectivity index (χ3n) is 8.77. The molecule has 0 saturated heterocycles. The number of amides is 2. The minimum Gasteiger partial charge on any atom is -0.451 e. The van der Waals surface area contributed by atoms with Gasteiger partial charge < -0.3 is 48.9 Å². The number of rotatable bonds is 18. The molecule has 2 heterocycles. The van der Waals surface area contributed by atoms with Gasteiger partial charge in [0.05, 0.1) is 11.1 Å². The lowest BCUT2D eigenvalue weighted by molar-refractivity contribution is -0.186. The summed E-state index contributed by atoms with van der Waals surface area (Å²) in [5.74, 6) is -6.72. The van der Waals surface area contributed by atoms with E-state index in [-0.39, 0.29) is 17.2 Å². The Labute approximate surface area is 329 Å². The summed E-state index contributed by atoms with van der Waals surface area (Å²) in [6.07, 6.45) is -5.70. The Morgan fingerprint density at radius 3 is 1.74 bits per heavy atom. The predicted molar refractivity (Wildman–Crippen MR) is 202 cm³/mol. The summed E-state index contributed by atoms with van der Waals surface area (Å²) in [5.41, 5.74) is 3.44. The molecule has 18 heteroatoms. The van der Waals surface area contributed by atoms with Crippen LogP contribution in [0.1, 0.15) is 88.3 Å². The molecule has 5 unspecified atom stereocenters. The number of benzene rings is 1. The van der Waals surface area contributed by atoms with Crippen molar-refractivity contribution in [1.29, 1.82) is 0 Å². The van der Waals surface area contributed by atoms with E-state index in [9.17, 15) is 38.4 Å². The largest absolute Gasteiger partial charge is 0.451 e. The van der Waals surface area contributed by atoms with E-state index in [2.05, 4.69) is 39.1 Å². The van der Waals surface area contributed by atoms with Gasteiger partial charge in [0, 0.05) is 42.7 Å². The SMILES string of the molecule is CCN(CC)CCNC(=O)c1c(C)[nH]c(/C=C2\C(=O)Nc3ccc(OC(=O)C(C)OC(=O)C(C)OC(=O)C(C)OC(=O)C(C)OC(=O)C(C)OC(C)=O)cc32)c1C. The summed E-state index contributed by atoms with van der Waals surface area (Å²) in [6, 6.07) is 4.44. The number of nitrogens with one attached hydrogen (secondary N) is 3. The fourth-order valence-corrected chi connectivity index (χ4v) is 5.50. The van der Waals surface area contributed by atoms with Gasteiger partial charge in [-0.3, -0.25) is 14.4 Å². The van der Waals surface area contributed by atoms with Crippen molar-refractivity contribution < 1.29 is 66.8 Å². The Bertz CT molecular complexity index is 1910. The standard InChI is InChI=1S/C39H50N4O14/c1-11-43(12-2)16-15-40-34(46)32-19(3)31(41-20(32)4)18-29-28-17-27(13-14-30(28)42-33(29)45)57-39(51)25(9)56-38(50)24(8)55-37(49)23(7)54-36(48)22(6)53-35(47)21(5)52-26(10)44/h13-14,17-18,21-25,41H,11-12,15-16H2,1-10H3,(H,40,46)(H,42,45)/b29-18-. The lowest BCUT2D eigenvalue weighted by atomic mass is 10.0. The van der Waals surface area contributed by atoms with Gasteiger partial charge in [0.2, 0.25) is 0 Å². The topological polar surface area (TPSA) is 235 Å². The van der Waals surface area contributed by atoms with Crippen molar-refractivity contribution in [2.75, 3.05) is 31.5 Å². The van der Waals surface area contributed by atoms with E-state index in [1.807, 2.05) is 0 Å². The molecule has 5 atom stereocenters. The number of esters is 6. The number of anilines is 1. The number of aryl methyl sites for hydroxylation is 1. The summed E-state index contributed by atoms with van der Waals surface area (Å²) in [4.78, 5) is 105. The predicted octanol–water partition coefficient (Wildman–Crippen LogP) is 2.78. The van der Waals surface area contributed by atoms with Gasteiger partial charge in [0.15, 0.2) is 30.5 Å². The highest BCUT2D eigenvalue weighted by molar-refractivity contribution is 6.35. The summed E-state index contributed by atoms with van der Waals surface area (Å²) in [5, 5.41) is 5.72. The molecular formula is C39H50N4O14. The first kappa shape index (κ1) is 45.4. The highest BCUT2D eigenvalue weighted by atomic mass is 16.6. The number of H-pyrrole nitrogens is 1. The average Bonchev–Trinajstić information content (AvgIpc) is 3.61. The average molecular weight is 799 g/mol. The first-order chi connectivity index (χ1) is 26.8. The zero-order chi connectivity index (χ0) is 42.7. The third-order valence-corrected chi connectivity index (χ3v) is 8.77. The highest BCUT2D eigenvalue weighted by Crippen LogP contribution is 2.36. The Balaban J connectivity index is 1.59. The molecule has 2 amide bonds. The van der Waals surface area contributed by atoms with Crippen molar-refractivity contribution in [3.63, 3.8) is 0 Å². The second kappa shape index (κ2) is 20.2. The Morgan fingerprint density at radius 1 is 0.754 bits per heavy atom. The molecule has 3 N–H and O–H groups in total. The van der Waals surface area contributed by atoms with Crippen molar-refractivity contribution in [3.05, 3.63) is 46.3 Å². The van der Waals surface area contributed by atoms with E-state index >= 15 is 0 Å². The molecule has 18 nitrogen and oxygen atoms in total. The van der Waals surface area contributed by atoms with Gasteiger partial charge in [-0.25, -0.2) is 24.0 Å². The van der Waals surface area contributed by atoms with Crippen LogP contribution in [0.2, 0.25) is 0 Å². The second-order valence-electron chi connectivity index (χ2n) is 13.2. The lowest BCUT2D eigenvalue weighted by Gasteiger charge is -2.20. The van der Waals surface area contributed by atoms with Gasteiger partial charge in [0.25, 0.3) is 11.8 Å². The van der Waals surface area contributed by atoms with Gasteiger partial charge in [0.1, 0.15) is 5.75 Å². The van der Waals surface area contributed by atoms with Crippen molar-refractivity contribution in [2.24, 2.45) is 0 Å². The molecule has 57 heavy (non-hydrogen) atoms. The number of fused-ring (bicyclic) bond motifs is 1. The summed E-state index contributed by atoms with van der Waals surface area (Å²) in [6.45, 7) is 17.7. The molecule has 0 radical (unpaired) electrons. The van der Waals surface area contributed by atoms with Crippen molar-refractivity contribution in [2.45, 2.75) is 99.8 Å². The summed E-state index contributed by atoms with van der Waals surface area (Å²) in [7, 11) is 0. The number of ether oxygens (including phenoxy) is 6. The van der Waals surface area contributed by atoms with Crippen molar-refractivity contribution >= 4 is 65.0 Å². The van der Waals surface area contributed by atoms with Gasteiger partial charge in [-0.15, -0.1) is 0 Å². The Hall–Kier alpha value is -6.04. The zero-order valence-corrected chi connectivity index (χ0v) is 33.7. The lowest BCUT2D eigenvalue weighted by Crippen LogP contribution is -2.38. The fourth-order valence-electron chi connectivity index (χ4n) is 5.50. The van der Waals surface area contributed by atoms with Crippen molar-refractivity contribution in [1.82, 2.24) is 15.2 Å². The summed E-state index contributed by atoms with van der Waals surface area (Å²) < 4.78 is 30.1. The normalized spacial score (nSPS) is 15.3. The molecule has 0 fully saturated rings. The zero-order valence-electron chi connectivity index (χ0n) is 33.7. The van der Waals surface area contributed by atoms with Crippen LogP contribution in [0.25, 0.3) is 11.6 Å². The van der Waals surface area contributed by atoms with Crippen LogP contribution in [0.4, 0.5) is 5.69 Å². The van der Waals surface area contributed by atoms with Crippen LogP contribution in [-0.4, -0.2) is 114 Å². The number of aromatic nitrogens is 1.